The van der Waals surface area contributed by atoms with Gasteiger partial charge in [-0.15, -0.1) is 0 Å². The number of nitrogens with one attached hydrogen (secondary N) is 1. The number of carbonyl (C=O) groups excluding carboxylic acids is 1. The maximum absolute atomic E-state index is 12.0. The first-order valence-electron chi connectivity index (χ1n) is 7.80. The number of aliphatic carboxylic acids is 1. The fourth-order valence-corrected chi connectivity index (χ4v) is 2.93. The predicted molar refractivity (Wildman–Crippen MR) is 86.4 cm³/mol. The monoisotopic (exact) mass is 316 g/mol. The molecule has 1 aliphatic rings. The van der Waals surface area contributed by atoms with Crippen LogP contribution >= 0.6 is 0 Å². The summed E-state index contributed by atoms with van der Waals surface area (Å²) < 4.78 is 6.98. The summed E-state index contributed by atoms with van der Waals surface area (Å²) >= 11 is 0. The zero-order valence-corrected chi connectivity index (χ0v) is 12.8. The van der Waals surface area contributed by atoms with Crippen LogP contribution in [-0.4, -0.2) is 34.8 Å². The van der Waals surface area contributed by atoms with E-state index in [9.17, 15) is 9.59 Å². The molecule has 2 aromatic rings. The molecular formula is C17H20N2O4. The van der Waals surface area contributed by atoms with E-state index in [0.29, 0.717) is 12.3 Å². The second kappa shape index (κ2) is 6.83. The average Bonchev–Trinajstić information content (AvgIpc) is 3.15. The van der Waals surface area contributed by atoms with Gasteiger partial charge in [-0.2, -0.15) is 0 Å². The second-order valence-electron chi connectivity index (χ2n) is 5.93. The summed E-state index contributed by atoms with van der Waals surface area (Å²) in [6, 6.07) is 7.35. The molecule has 23 heavy (non-hydrogen) atoms. The number of anilines is 1. The van der Waals surface area contributed by atoms with Gasteiger partial charge < -0.3 is 19.7 Å². The molecule has 0 saturated carbocycles. The summed E-state index contributed by atoms with van der Waals surface area (Å²) in [7, 11) is 0. The molecule has 6 heteroatoms. The average molecular weight is 316 g/mol. The van der Waals surface area contributed by atoms with E-state index >= 15 is 0 Å². The van der Waals surface area contributed by atoms with Gasteiger partial charge in [0.1, 0.15) is 6.54 Å². The minimum Gasteiger partial charge on any atom is -0.480 e. The SMILES string of the molecule is O=C(O)Cn1ccc2cc(NC(=O)CCC3CCOC3)ccc21. The van der Waals surface area contributed by atoms with Crippen LogP contribution in [0.15, 0.2) is 30.5 Å². The van der Waals surface area contributed by atoms with E-state index in [1.165, 1.54) is 0 Å². The molecule has 1 aromatic carbocycles. The third-order valence-electron chi connectivity index (χ3n) is 4.16. The number of carboxylic acid groups (broad SMARTS) is 1. The Balaban J connectivity index is 1.61. The first-order valence-corrected chi connectivity index (χ1v) is 7.80. The van der Waals surface area contributed by atoms with Gasteiger partial charge in [0.25, 0.3) is 0 Å². The van der Waals surface area contributed by atoms with E-state index < -0.39 is 5.97 Å². The number of carbonyl (C=O) groups is 2. The topological polar surface area (TPSA) is 80.6 Å². The van der Waals surface area contributed by atoms with E-state index in [-0.39, 0.29) is 12.5 Å². The molecule has 0 aliphatic carbocycles. The van der Waals surface area contributed by atoms with Crippen LogP contribution in [0.5, 0.6) is 0 Å². The minimum absolute atomic E-state index is 0.00113. The van der Waals surface area contributed by atoms with Crippen molar-refractivity contribution in [2.24, 2.45) is 5.92 Å². The standard InChI is InChI=1S/C17H20N2O4/c20-16(4-1-12-6-8-23-11-12)18-14-2-3-15-13(9-14)5-7-19(15)10-17(21)22/h2-3,5,7,9,12H,1,4,6,8,10-11H2,(H,18,20)(H,21,22). The predicted octanol–water partition coefficient (Wildman–Crippen LogP) is 2.48. The van der Waals surface area contributed by atoms with Gasteiger partial charge in [-0.05, 0) is 43.0 Å². The first-order chi connectivity index (χ1) is 11.1. The molecular weight excluding hydrogens is 296 g/mol. The van der Waals surface area contributed by atoms with Crippen molar-refractivity contribution in [3.63, 3.8) is 0 Å². The molecule has 1 aromatic heterocycles. The Labute approximate surface area is 134 Å². The number of nitrogens with zero attached hydrogens (tertiary/aromatic N) is 1. The van der Waals surface area contributed by atoms with Gasteiger partial charge in [-0.25, -0.2) is 0 Å². The van der Waals surface area contributed by atoms with E-state index in [1.54, 1.807) is 16.8 Å². The van der Waals surface area contributed by atoms with E-state index in [0.717, 1.165) is 42.6 Å². The Bertz CT molecular complexity index is 716. The molecule has 2 N–H and O–H groups in total. The van der Waals surface area contributed by atoms with Crippen LogP contribution in [0.2, 0.25) is 0 Å². The third kappa shape index (κ3) is 3.90. The smallest absolute Gasteiger partial charge is 0.323 e. The van der Waals surface area contributed by atoms with Crippen LogP contribution in [-0.2, 0) is 20.9 Å². The Kier molecular flexibility index (Phi) is 4.62. The van der Waals surface area contributed by atoms with Crippen LogP contribution in [0.25, 0.3) is 10.9 Å². The highest BCUT2D eigenvalue weighted by Crippen LogP contribution is 2.22. The highest BCUT2D eigenvalue weighted by Gasteiger charge is 2.16. The number of ether oxygens (including phenoxy) is 1. The summed E-state index contributed by atoms with van der Waals surface area (Å²) in [5, 5.41) is 12.7. The lowest BCUT2D eigenvalue weighted by Crippen LogP contribution is -2.13. The van der Waals surface area contributed by atoms with Gasteiger partial charge in [0.2, 0.25) is 5.91 Å². The van der Waals surface area contributed by atoms with Crippen LogP contribution in [0.4, 0.5) is 5.69 Å². The lowest BCUT2D eigenvalue weighted by molar-refractivity contribution is -0.137. The zero-order valence-electron chi connectivity index (χ0n) is 12.8. The number of hydrogen-bond donors (Lipinski definition) is 2. The third-order valence-corrected chi connectivity index (χ3v) is 4.16. The molecule has 1 amide bonds. The number of rotatable bonds is 6. The van der Waals surface area contributed by atoms with Gasteiger partial charge in [-0.3, -0.25) is 9.59 Å². The number of hydrogen-bond acceptors (Lipinski definition) is 3. The lowest BCUT2D eigenvalue weighted by atomic mass is 10.0. The van der Waals surface area contributed by atoms with Crippen molar-refractivity contribution < 1.29 is 19.4 Å². The summed E-state index contributed by atoms with van der Waals surface area (Å²) in [6.45, 7) is 1.49. The maximum atomic E-state index is 12.0. The second-order valence-corrected chi connectivity index (χ2v) is 5.93. The van der Waals surface area contributed by atoms with Crippen LogP contribution < -0.4 is 5.32 Å². The number of aromatic nitrogens is 1. The summed E-state index contributed by atoms with van der Waals surface area (Å²) in [6.07, 6.45) is 4.12. The van der Waals surface area contributed by atoms with Gasteiger partial charge in [0, 0.05) is 42.4 Å². The van der Waals surface area contributed by atoms with E-state index in [2.05, 4.69) is 5.32 Å². The highest BCUT2D eigenvalue weighted by atomic mass is 16.5. The summed E-state index contributed by atoms with van der Waals surface area (Å²) in [4.78, 5) is 22.8. The van der Waals surface area contributed by atoms with Gasteiger partial charge in [0.15, 0.2) is 0 Å². The van der Waals surface area contributed by atoms with Crippen LogP contribution in [0.3, 0.4) is 0 Å². The molecule has 0 spiro atoms. The van der Waals surface area contributed by atoms with E-state index in [4.69, 9.17) is 9.84 Å². The van der Waals surface area contributed by atoms with Crippen molar-refractivity contribution in [2.75, 3.05) is 18.5 Å². The fraction of sp³-hybridized carbons (Fsp3) is 0.412. The quantitative estimate of drug-likeness (QED) is 0.858. The van der Waals surface area contributed by atoms with Crippen LogP contribution in [0, 0.1) is 5.92 Å². The summed E-state index contributed by atoms with van der Waals surface area (Å²) in [5.74, 6) is -0.384. The van der Waals surface area contributed by atoms with Crippen LogP contribution in [0.1, 0.15) is 19.3 Å². The Hall–Kier alpha value is -2.34. The minimum atomic E-state index is -0.879. The molecule has 2 heterocycles. The largest absolute Gasteiger partial charge is 0.480 e. The molecule has 1 aliphatic heterocycles. The van der Waals surface area contributed by atoms with Crippen molar-refractivity contribution >= 4 is 28.5 Å². The molecule has 1 atom stereocenters. The molecule has 1 unspecified atom stereocenters. The Morgan fingerprint density at radius 3 is 2.96 bits per heavy atom. The van der Waals surface area contributed by atoms with Gasteiger partial charge in [0.05, 0.1) is 0 Å². The Morgan fingerprint density at radius 1 is 1.35 bits per heavy atom. The lowest BCUT2D eigenvalue weighted by Gasteiger charge is -2.09. The summed E-state index contributed by atoms with van der Waals surface area (Å²) in [5.41, 5.74) is 1.58. The molecule has 0 bridgehead atoms. The van der Waals surface area contributed by atoms with Crippen molar-refractivity contribution in [2.45, 2.75) is 25.8 Å². The van der Waals surface area contributed by atoms with Crippen molar-refractivity contribution in [1.82, 2.24) is 4.57 Å². The molecule has 1 fully saturated rings. The Morgan fingerprint density at radius 2 is 2.22 bits per heavy atom. The number of amides is 1. The number of fused-ring (bicyclic) bond motifs is 1. The maximum Gasteiger partial charge on any atom is 0.323 e. The number of carboxylic acids is 1. The van der Waals surface area contributed by atoms with Gasteiger partial charge >= 0.3 is 5.97 Å². The van der Waals surface area contributed by atoms with E-state index in [1.807, 2.05) is 18.2 Å². The zero-order chi connectivity index (χ0) is 16.2. The van der Waals surface area contributed by atoms with Crippen molar-refractivity contribution in [3.8, 4) is 0 Å². The molecule has 122 valence electrons. The van der Waals surface area contributed by atoms with Crippen molar-refractivity contribution in [3.05, 3.63) is 30.5 Å². The number of benzene rings is 1. The van der Waals surface area contributed by atoms with Gasteiger partial charge in [-0.1, -0.05) is 0 Å². The highest BCUT2D eigenvalue weighted by molar-refractivity contribution is 5.94. The van der Waals surface area contributed by atoms with Crippen molar-refractivity contribution in [1.29, 1.82) is 0 Å². The fourth-order valence-electron chi connectivity index (χ4n) is 2.93. The first kappa shape index (κ1) is 15.6. The molecule has 3 rings (SSSR count). The normalized spacial score (nSPS) is 17.5. The molecule has 6 nitrogen and oxygen atoms in total. The molecule has 0 radical (unpaired) electrons. The molecule has 1 saturated heterocycles.